The van der Waals surface area contributed by atoms with Crippen molar-refractivity contribution in [2.75, 3.05) is 14.2 Å². The summed E-state index contributed by atoms with van der Waals surface area (Å²) in [6, 6.07) is 6.13. The Hall–Kier alpha value is -1.69. The van der Waals surface area contributed by atoms with Crippen LogP contribution in [0, 0.1) is 11.3 Å². The minimum Gasteiger partial charge on any atom is -0.497 e. The first-order valence-corrected chi connectivity index (χ1v) is 4.94. The summed E-state index contributed by atoms with van der Waals surface area (Å²) < 4.78 is 10.5. The Labute approximate surface area is 89.2 Å². The summed E-state index contributed by atoms with van der Waals surface area (Å²) in [6.45, 7) is 0. The van der Waals surface area contributed by atoms with Crippen molar-refractivity contribution in [2.24, 2.45) is 0 Å². The SMILES string of the molecule is COc1cc(OC)c2c(c1)C(C#N)CC2. The van der Waals surface area contributed by atoms with Gasteiger partial charge in [-0.2, -0.15) is 5.26 Å². The molecule has 0 fully saturated rings. The van der Waals surface area contributed by atoms with Crippen LogP contribution in [0.1, 0.15) is 23.5 Å². The molecule has 3 nitrogen and oxygen atoms in total. The van der Waals surface area contributed by atoms with Crippen LogP contribution in [0.15, 0.2) is 12.1 Å². The zero-order valence-corrected chi connectivity index (χ0v) is 8.91. The maximum atomic E-state index is 9.01. The molecule has 1 unspecified atom stereocenters. The topological polar surface area (TPSA) is 42.2 Å². The van der Waals surface area contributed by atoms with Crippen LogP contribution in [0.3, 0.4) is 0 Å². The molecule has 1 aromatic rings. The number of rotatable bonds is 2. The summed E-state index contributed by atoms with van der Waals surface area (Å²) in [5.74, 6) is 1.58. The average Bonchev–Trinajstić information content (AvgIpc) is 2.70. The van der Waals surface area contributed by atoms with E-state index in [2.05, 4.69) is 6.07 Å². The molecule has 0 radical (unpaired) electrons. The predicted molar refractivity (Wildman–Crippen MR) is 56.2 cm³/mol. The largest absolute Gasteiger partial charge is 0.497 e. The Balaban J connectivity index is 2.54. The van der Waals surface area contributed by atoms with Gasteiger partial charge in [-0.3, -0.25) is 0 Å². The lowest BCUT2D eigenvalue weighted by Gasteiger charge is -2.10. The van der Waals surface area contributed by atoms with Gasteiger partial charge in [-0.1, -0.05) is 0 Å². The summed E-state index contributed by atoms with van der Waals surface area (Å²) >= 11 is 0. The van der Waals surface area contributed by atoms with E-state index in [1.54, 1.807) is 14.2 Å². The first-order valence-electron chi connectivity index (χ1n) is 4.94. The minimum absolute atomic E-state index is 0.0102. The number of hydrogen-bond donors (Lipinski definition) is 0. The van der Waals surface area contributed by atoms with Gasteiger partial charge in [-0.15, -0.1) is 0 Å². The van der Waals surface area contributed by atoms with E-state index in [4.69, 9.17) is 14.7 Å². The normalized spacial score (nSPS) is 18.1. The van der Waals surface area contributed by atoms with Gasteiger partial charge < -0.3 is 9.47 Å². The number of fused-ring (bicyclic) bond motifs is 1. The zero-order chi connectivity index (χ0) is 10.8. The van der Waals surface area contributed by atoms with Gasteiger partial charge >= 0.3 is 0 Å². The van der Waals surface area contributed by atoms with E-state index in [0.717, 1.165) is 35.5 Å². The van der Waals surface area contributed by atoms with Crippen molar-refractivity contribution in [3.8, 4) is 17.6 Å². The molecule has 78 valence electrons. The number of hydrogen-bond acceptors (Lipinski definition) is 3. The molecular formula is C12H13NO2. The number of nitriles is 1. The van der Waals surface area contributed by atoms with Crippen LogP contribution in [0.4, 0.5) is 0 Å². The molecule has 2 rings (SSSR count). The number of methoxy groups -OCH3 is 2. The molecule has 1 aliphatic carbocycles. The molecule has 0 spiro atoms. The molecule has 1 aromatic carbocycles. The zero-order valence-electron chi connectivity index (χ0n) is 8.91. The second kappa shape index (κ2) is 3.82. The lowest BCUT2D eigenvalue weighted by Crippen LogP contribution is -1.95. The molecule has 1 atom stereocenters. The number of ether oxygens (including phenoxy) is 2. The number of nitrogens with zero attached hydrogens (tertiary/aromatic N) is 1. The van der Waals surface area contributed by atoms with Crippen LogP contribution in [0.5, 0.6) is 11.5 Å². The van der Waals surface area contributed by atoms with Gasteiger partial charge in [0.2, 0.25) is 0 Å². The van der Waals surface area contributed by atoms with Gasteiger partial charge in [0, 0.05) is 6.07 Å². The fourth-order valence-corrected chi connectivity index (χ4v) is 2.10. The maximum absolute atomic E-state index is 9.01. The Kier molecular flexibility index (Phi) is 2.51. The molecule has 0 N–H and O–H groups in total. The monoisotopic (exact) mass is 203 g/mol. The summed E-state index contributed by atoms with van der Waals surface area (Å²) in [6.07, 6.45) is 1.80. The molecule has 1 aliphatic rings. The molecule has 0 heterocycles. The fraction of sp³-hybridized carbons (Fsp3) is 0.417. The Bertz CT molecular complexity index is 420. The van der Waals surface area contributed by atoms with Gasteiger partial charge in [0.1, 0.15) is 11.5 Å². The van der Waals surface area contributed by atoms with Crippen LogP contribution in [0.25, 0.3) is 0 Å². The fourth-order valence-electron chi connectivity index (χ4n) is 2.10. The molecule has 0 bridgehead atoms. The van der Waals surface area contributed by atoms with Crippen LogP contribution >= 0.6 is 0 Å². The Morgan fingerprint density at radius 3 is 2.73 bits per heavy atom. The minimum atomic E-state index is -0.0102. The van der Waals surface area contributed by atoms with Crippen molar-refractivity contribution in [1.82, 2.24) is 0 Å². The van der Waals surface area contributed by atoms with Gasteiger partial charge in [0.05, 0.1) is 26.2 Å². The van der Waals surface area contributed by atoms with Crippen molar-refractivity contribution >= 4 is 0 Å². The van der Waals surface area contributed by atoms with E-state index >= 15 is 0 Å². The highest BCUT2D eigenvalue weighted by molar-refractivity contribution is 5.52. The molecular weight excluding hydrogens is 190 g/mol. The summed E-state index contributed by atoms with van der Waals surface area (Å²) in [5, 5.41) is 9.01. The third-order valence-corrected chi connectivity index (χ3v) is 2.89. The first kappa shape index (κ1) is 9.85. The van der Waals surface area contributed by atoms with E-state index in [1.165, 1.54) is 0 Å². The summed E-state index contributed by atoms with van der Waals surface area (Å²) in [4.78, 5) is 0. The highest BCUT2D eigenvalue weighted by atomic mass is 16.5. The van der Waals surface area contributed by atoms with Crippen molar-refractivity contribution in [2.45, 2.75) is 18.8 Å². The standard InChI is InChI=1S/C12H13NO2/c1-14-9-5-11-8(7-13)3-4-10(11)12(6-9)15-2/h5-6,8H,3-4H2,1-2H3. The average molecular weight is 203 g/mol. The van der Waals surface area contributed by atoms with Gasteiger partial charge in [-0.05, 0) is 30.0 Å². The number of benzene rings is 1. The third kappa shape index (κ3) is 1.52. The third-order valence-electron chi connectivity index (χ3n) is 2.89. The van der Waals surface area contributed by atoms with Crippen LogP contribution in [0.2, 0.25) is 0 Å². The molecule has 0 amide bonds. The van der Waals surface area contributed by atoms with Gasteiger partial charge in [0.15, 0.2) is 0 Å². The van der Waals surface area contributed by atoms with E-state index in [1.807, 2.05) is 12.1 Å². The van der Waals surface area contributed by atoms with Crippen molar-refractivity contribution in [1.29, 1.82) is 5.26 Å². The summed E-state index contributed by atoms with van der Waals surface area (Å²) in [5.41, 5.74) is 2.22. The van der Waals surface area contributed by atoms with Crippen molar-refractivity contribution < 1.29 is 9.47 Å². The van der Waals surface area contributed by atoms with Crippen molar-refractivity contribution in [3.05, 3.63) is 23.3 Å². The lowest BCUT2D eigenvalue weighted by atomic mass is 10.0. The Morgan fingerprint density at radius 2 is 2.13 bits per heavy atom. The van der Waals surface area contributed by atoms with Gasteiger partial charge in [0.25, 0.3) is 0 Å². The summed E-state index contributed by atoms with van der Waals surface area (Å²) in [7, 11) is 3.27. The van der Waals surface area contributed by atoms with Crippen LogP contribution < -0.4 is 9.47 Å². The second-order valence-electron chi connectivity index (χ2n) is 3.62. The molecule has 15 heavy (non-hydrogen) atoms. The van der Waals surface area contributed by atoms with E-state index in [0.29, 0.717) is 0 Å². The van der Waals surface area contributed by atoms with E-state index in [-0.39, 0.29) is 5.92 Å². The van der Waals surface area contributed by atoms with Crippen LogP contribution in [-0.4, -0.2) is 14.2 Å². The molecule has 0 saturated carbocycles. The molecule has 0 saturated heterocycles. The molecule has 3 heteroatoms. The predicted octanol–water partition coefficient (Wildman–Crippen LogP) is 2.26. The highest BCUT2D eigenvalue weighted by Crippen LogP contribution is 2.40. The van der Waals surface area contributed by atoms with E-state index < -0.39 is 0 Å². The molecule has 0 aliphatic heterocycles. The molecule has 0 aromatic heterocycles. The van der Waals surface area contributed by atoms with E-state index in [9.17, 15) is 0 Å². The first-order chi connectivity index (χ1) is 7.30. The highest BCUT2D eigenvalue weighted by Gasteiger charge is 2.26. The smallest absolute Gasteiger partial charge is 0.126 e. The quantitative estimate of drug-likeness (QED) is 0.740. The second-order valence-corrected chi connectivity index (χ2v) is 3.62. The lowest BCUT2D eigenvalue weighted by molar-refractivity contribution is 0.391. The van der Waals surface area contributed by atoms with Crippen molar-refractivity contribution in [3.63, 3.8) is 0 Å². The maximum Gasteiger partial charge on any atom is 0.126 e. The van der Waals surface area contributed by atoms with Crippen LogP contribution in [-0.2, 0) is 6.42 Å². The van der Waals surface area contributed by atoms with Gasteiger partial charge in [-0.25, -0.2) is 0 Å². The Morgan fingerprint density at radius 1 is 1.33 bits per heavy atom.